The third kappa shape index (κ3) is 4.96. The molecular formula is C16H20N2O4. The van der Waals surface area contributed by atoms with Crippen molar-refractivity contribution in [2.45, 2.75) is 32.3 Å². The molecule has 118 valence electrons. The third-order valence-electron chi connectivity index (χ3n) is 3.45. The average Bonchev–Trinajstić information content (AvgIpc) is 2.99. The molecule has 1 aromatic rings. The molecule has 2 N–H and O–H groups in total. The minimum atomic E-state index is -0.389. The smallest absolute Gasteiger partial charge is 0.233 e. The first-order valence-corrected chi connectivity index (χ1v) is 7.34. The van der Waals surface area contributed by atoms with E-state index in [4.69, 9.17) is 4.74 Å². The normalized spacial score (nSPS) is 17.0. The van der Waals surface area contributed by atoms with Crippen molar-refractivity contribution in [2.75, 3.05) is 18.5 Å². The Morgan fingerprint density at radius 2 is 1.91 bits per heavy atom. The second kappa shape index (κ2) is 7.70. The van der Waals surface area contributed by atoms with E-state index in [-0.39, 0.29) is 30.1 Å². The molecule has 1 aliphatic rings. The van der Waals surface area contributed by atoms with Crippen molar-refractivity contribution in [3.8, 4) is 0 Å². The number of rotatable bonds is 6. The topological polar surface area (TPSA) is 84.5 Å². The van der Waals surface area contributed by atoms with Crippen LogP contribution >= 0.6 is 0 Å². The Bertz CT molecular complexity index is 548. The Morgan fingerprint density at radius 3 is 2.50 bits per heavy atom. The first-order valence-electron chi connectivity index (χ1n) is 7.34. The van der Waals surface area contributed by atoms with Crippen molar-refractivity contribution in [1.29, 1.82) is 0 Å². The molecule has 0 spiro atoms. The Morgan fingerprint density at radius 1 is 1.18 bits per heavy atom. The maximum absolute atomic E-state index is 11.8. The molecule has 1 unspecified atom stereocenters. The predicted molar refractivity (Wildman–Crippen MR) is 81.7 cm³/mol. The van der Waals surface area contributed by atoms with E-state index >= 15 is 0 Å². The molecule has 6 heteroatoms. The molecule has 1 aliphatic heterocycles. The summed E-state index contributed by atoms with van der Waals surface area (Å²) >= 11 is 0. The standard InChI is InChI=1S/C16H20N2O4/c1-11(19)12-4-6-13(7-5-12)18-16(21)9-15(20)17-10-14-3-2-8-22-14/h4-7,14H,2-3,8-10H2,1H3,(H,17,20)(H,18,21). The Hall–Kier alpha value is -2.21. The van der Waals surface area contributed by atoms with E-state index < -0.39 is 0 Å². The van der Waals surface area contributed by atoms with Gasteiger partial charge in [0.2, 0.25) is 11.8 Å². The van der Waals surface area contributed by atoms with Crippen LogP contribution in [0.25, 0.3) is 0 Å². The number of carbonyl (C=O) groups is 3. The fourth-order valence-electron chi connectivity index (χ4n) is 2.23. The van der Waals surface area contributed by atoms with Crippen molar-refractivity contribution >= 4 is 23.3 Å². The van der Waals surface area contributed by atoms with Gasteiger partial charge in [0.05, 0.1) is 6.10 Å². The summed E-state index contributed by atoms with van der Waals surface area (Å²) in [4.78, 5) is 34.6. The van der Waals surface area contributed by atoms with Gasteiger partial charge in [0, 0.05) is 24.4 Å². The second-order valence-electron chi connectivity index (χ2n) is 5.30. The summed E-state index contributed by atoms with van der Waals surface area (Å²) < 4.78 is 5.39. The van der Waals surface area contributed by atoms with Crippen molar-refractivity contribution < 1.29 is 19.1 Å². The molecular weight excluding hydrogens is 284 g/mol. The monoisotopic (exact) mass is 304 g/mol. The molecule has 1 atom stereocenters. The maximum atomic E-state index is 11.8. The highest BCUT2D eigenvalue weighted by molar-refractivity contribution is 6.03. The molecule has 0 bridgehead atoms. The van der Waals surface area contributed by atoms with E-state index in [0.29, 0.717) is 17.8 Å². The van der Waals surface area contributed by atoms with Crippen molar-refractivity contribution in [2.24, 2.45) is 0 Å². The molecule has 1 saturated heterocycles. The molecule has 2 amide bonds. The number of hydrogen-bond donors (Lipinski definition) is 2. The number of benzene rings is 1. The fourth-order valence-corrected chi connectivity index (χ4v) is 2.23. The number of amides is 2. The molecule has 0 aromatic heterocycles. The van der Waals surface area contributed by atoms with Gasteiger partial charge in [-0.05, 0) is 44.0 Å². The van der Waals surface area contributed by atoms with Crippen LogP contribution in [0.15, 0.2) is 24.3 Å². The lowest BCUT2D eigenvalue weighted by molar-refractivity contribution is -0.127. The van der Waals surface area contributed by atoms with Crippen LogP contribution < -0.4 is 10.6 Å². The lowest BCUT2D eigenvalue weighted by Crippen LogP contribution is -2.34. The summed E-state index contributed by atoms with van der Waals surface area (Å²) in [7, 11) is 0. The van der Waals surface area contributed by atoms with Crippen LogP contribution in [0.4, 0.5) is 5.69 Å². The molecule has 0 radical (unpaired) electrons. The summed E-state index contributed by atoms with van der Waals surface area (Å²) in [6.07, 6.45) is 1.78. The lowest BCUT2D eigenvalue weighted by Gasteiger charge is -2.11. The van der Waals surface area contributed by atoms with Gasteiger partial charge < -0.3 is 15.4 Å². The minimum absolute atomic E-state index is 0.0358. The number of hydrogen-bond acceptors (Lipinski definition) is 4. The van der Waals surface area contributed by atoms with Crippen LogP contribution in [-0.2, 0) is 14.3 Å². The van der Waals surface area contributed by atoms with Crippen LogP contribution in [0.1, 0.15) is 36.5 Å². The minimum Gasteiger partial charge on any atom is -0.376 e. The van der Waals surface area contributed by atoms with E-state index in [1.807, 2.05) is 0 Å². The zero-order chi connectivity index (χ0) is 15.9. The summed E-state index contributed by atoms with van der Waals surface area (Å²) in [6.45, 7) is 2.66. The number of ketones is 1. The maximum Gasteiger partial charge on any atom is 0.233 e. The zero-order valence-corrected chi connectivity index (χ0v) is 12.6. The first kappa shape index (κ1) is 16.2. The van der Waals surface area contributed by atoms with E-state index in [9.17, 15) is 14.4 Å². The quantitative estimate of drug-likeness (QED) is 0.616. The average molecular weight is 304 g/mol. The predicted octanol–water partition coefficient (Wildman–Crippen LogP) is 1.51. The largest absolute Gasteiger partial charge is 0.376 e. The number of nitrogens with one attached hydrogen (secondary N) is 2. The number of ether oxygens (including phenoxy) is 1. The molecule has 1 fully saturated rings. The fraction of sp³-hybridized carbons (Fsp3) is 0.438. The van der Waals surface area contributed by atoms with Gasteiger partial charge >= 0.3 is 0 Å². The van der Waals surface area contributed by atoms with Crippen LogP contribution in [0.2, 0.25) is 0 Å². The zero-order valence-electron chi connectivity index (χ0n) is 12.6. The Kier molecular flexibility index (Phi) is 5.66. The van der Waals surface area contributed by atoms with Gasteiger partial charge in [-0.15, -0.1) is 0 Å². The highest BCUT2D eigenvalue weighted by atomic mass is 16.5. The summed E-state index contributed by atoms with van der Waals surface area (Å²) in [5.74, 6) is -0.750. The lowest BCUT2D eigenvalue weighted by atomic mass is 10.1. The molecule has 1 heterocycles. The number of Topliss-reactive ketones (excluding diaryl/α,β-unsaturated/α-hetero) is 1. The van der Waals surface area contributed by atoms with Gasteiger partial charge in [-0.25, -0.2) is 0 Å². The number of anilines is 1. The van der Waals surface area contributed by atoms with Gasteiger partial charge in [0.15, 0.2) is 5.78 Å². The van der Waals surface area contributed by atoms with Crippen molar-refractivity contribution in [1.82, 2.24) is 5.32 Å². The Balaban J connectivity index is 1.74. The summed E-state index contributed by atoms with van der Waals surface area (Å²) in [5, 5.41) is 5.32. The van der Waals surface area contributed by atoms with E-state index in [1.165, 1.54) is 6.92 Å². The van der Waals surface area contributed by atoms with Gasteiger partial charge in [-0.2, -0.15) is 0 Å². The van der Waals surface area contributed by atoms with Crippen molar-refractivity contribution in [3.05, 3.63) is 29.8 Å². The third-order valence-corrected chi connectivity index (χ3v) is 3.45. The van der Waals surface area contributed by atoms with E-state index in [2.05, 4.69) is 10.6 Å². The van der Waals surface area contributed by atoms with Gasteiger partial charge in [-0.3, -0.25) is 14.4 Å². The van der Waals surface area contributed by atoms with Crippen LogP contribution in [0, 0.1) is 0 Å². The first-order chi connectivity index (χ1) is 10.5. The van der Waals surface area contributed by atoms with E-state index in [0.717, 1.165) is 19.4 Å². The van der Waals surface area contributed by atoms with Gasteiger partial charge in [0.1, 0.15) is 6.42 Å². The molecule has 1 aromatic carbocycles. The molecule has 2 rings (SSSR count). The van der Waals surface area contributed by atoms with Crippen LogP contribution in [0.5, 0.6) is 0 Å². The molecule has 22 heavy (non-hydrogen) atoms. The second-order valence-corrected chi connectivity index (χ2v) is 5.30. The SMILES string of the molecule is CC(=O)c1ccc(NC(=O)CC(=O)NCC2CCCO2)cc1. The van der Waals surface area contributed by atoms with E-state index in [1.54, 1.807) is 24.3 Å². The highest BCUT2D eigenvalue weighted by Gasteiger charge is 2.17. The summed E-state index contributed by atoms with van der Waals surface area (Å²) in [5.41, 5.74) is 1.13. The number of carbonyl (C=O) groups excluding carboxylic acids is 3. The van der Waals surface area contributed by atoms with Crippen LogP contribution in [0.3, 0.4) is 0 Å². The van der Waals surface area contributed by atoms with Crippen molar-refractivity contribution in [3.63, 3.8) is 0 Å². The van der Waals surface area contributed by atoms with Gasteiger partial charge in [0.25, 0.3) is 0 Å². The summed E-state index contributed by atoms with van der Waals surface area (Å²) in [6, 6.07) is 6.54. The van der Waals surface area contributed by atoms with Crippen LogP contribution in [-0.4, -0.2) is 36.9 Å². The highest BCUT2D eigenvalue weighted by Crippen LogP contribution is 2.11. The Labute approximate surface area is 129 Å². The molecule has 0 saturated carbocycles. The van der Waals surface area contributed by atoms with Gasteiger partial charge in [-0.1, -0.05) is 0 Å². The molecule has 6 nitrogen and oxygen atoms in total. The molecule has 0 aliphatic carbocycles.